The van der Waals surface area contributed by atoms with E-state index in [1.54, 1.807) is 0 Å². The molecule has 5 aromatic carbocycles. The van der Waals surface area contributed by atoms with Crippen LogP contribution in [-0.2, 0) is 16.9 Å². The van der Waals surface area contributed by atoms with Gasteiger partial charge in [0, 0.05) is 58.4 Å². The molecule has 0 spiro atoms. The van der Waals surface area contributed by atoms with E-state index in [1.807, 2.05) is 0 Å². The van der Waals surface area contributed by atoms with Crippen LogP contribution >= 0.6 is 0 Å². The largest absolute Gasteiger partial charge is 0.512 e. The lowest BCUT2D eigenvalue weighted by Gasteiger charge is -2.55. The molecule has 0 amide bonds. The molecule has 10 atom stereocenters. The number of phenolic OH excluding ortho intramolecular Hbond substituents is 9. The standard InChI is InChI=1S/C45H38O18/c46-18-10-27(54)33-31(11-18)62-45(17-3-6-22(49)26(53)9-17)44(59)38(33)36-32(63-45)14-29(56)35-37(39(58)41(61-43(35)36)16-2-5-21(48)25(52)8-16)34-28(55)13-23(50)19-12-30(57)40(60-42(19)34)15-1-4-20(47)24(51)7-15/h1-11,13-14,30-31,33,37-41,44,46-59H,12H2. The Balaban J connectivity index is 1.23. The Hall–Kier alpha value is -7.38. The van der Waals surface area contributed by atoms with E-state index in [4.69, 9.17) is 18.9 Å². The van der Waals surface area contributed by atoms with Crippen molar-refractivity contribution >= 4 is 0 Å². The number of aliphatic hydroxyl groups excluding tert-OH is 5. The van der Waals surface area contributed by atoms with E-state index in [1.165, 1.54) is 30.3 Å². The molecule has 326 valence electrons. The highest BCUT2D eigenvalue weighted by Gasteiger charge is 2.64. The van der Waals surface area contributed by atoms with Crippen LogP contribution < -0.4 is 14.2 Å². The van der Waals surface area contributed by atoms with Gasteiger partial charge >= 0.3 is 0 Å². The van der Waals surface area contributed by atoms with Crippen LogP contribution in [0.3, 0.4) is 0 Å². The molecule has 5 aromatic rings. The summed E-state index contributed by atoms with van der Waals surface area (Å²) in [5.41, 5.74) is -0.324. The van der Waals surface area contributed by atoms with Gasteiger partial charge in [-0.2, -0.15) is 0 Å². The number of ether oxygens (including phenoxy) is 4. The topological polar surface area (TPSA) is 320 Å². The van der Waals surface area contributed by atoms with Crippen LogP contribution in [0.1, 0.15) is 63.0 Å². The number of allylic oxidation sites excluding steroid dienone is 1. The fraction of sp³-hybridized carbons (Fsp3) is 0.244. The van der Waals surface area contributed by atoms with Gasteiger partial charge in [0.1, 0.15) is 64.3 Å². The molecule has 4 heterocycles. The molecule has 1 aliphatic carbocycles. The van der Waals surface area contributed by atoms with Crippen molar-refractivity contribution in [3.63, 3.8) is 0 Å². The summed E-state index contributed by atoms with van der Waals surface area (Å²) >= 11 is 0. The van der Waals surface area contributed by atoms with Gasteiger partial charge in [0.15, 0.2) is 40.6 Å². The van der Waals surface area contributed by atoms with Crippen LogP contribution in [-0.4, -0.2) is 95.9 Å². The third-order valence-electron chi connectivity index (χ3n) is 12.6. The molecule has 0 saturated carbocycles. The second kappa shape index (κ2) is 13.8. The first-order chi connectivity index (χ1) is 30.0. The maximum Gasteiger partial charge on any atom is 0.264 e. The predicted molar refractivity (Wildman–Crippen MR) is 212 cm³/mol. The molecule has 18 nitrogen and oxygen atoms in total. The van der Waals surface area contributed by atoms with Gasteiger partial charge in [-0.3, -0.25) is 0 Å². The van der Waals surface area contributed by atoms with Crippen molar-refractivity contribution in [2.45, 2.75) is 60.7 Å². The summed E-state index contributed by atoms with van der Waals surface area (Å²) in [6, 6.07) is 12.8. The molecule has 0 radical (unpaired) electrons. The first-order valence-electron chi connectivity index (χ1n) is 19.6. The number of hydrogen-bond acceptors (Lipinski definition) is 18. The first kappa shape index (κ1) is 39.7. The number of rotatable bonds is 4. The zero-order valence-electron chi connectivity index (χ0n) is 32.3. The van der Waals surface area contributed by atoms with Crippen LogP contribution in [0.4, 0.5) is 0 Å². The second-order valence-electron chi connectivity index (χ2n) is 16.2. The van der Waals surface area contributed by atoms with Crippen LogP contribution in [0.25, 0.3) is 0 Å². The Morgan fingerprint density at radius 2 is 1.13 bits per heavy atom. The molecule has 10 rings (SSSR count). The van der Waals surface area contributed by atoms with Gasteiger partial charge in [-0.05, 0) is 59.7 Å². The average molecular weight is 867 g/mol. The fourth-order valence-corrected chi connectivity index (χ4v) is 9.73. The lowest BCUT2D eigenvalue weighted by atomic mass is 9.67. The molecule has 1 saturated heterocycles. The summed E-state index contributed by atoms with van der Waals surface area (Å²) in [6.07, 6.45) is -7.14. The number of aliphatic hydroxyl groups is 5. The molecular formula is C45H38O18. The Bertz CT molecular complexity index is 2820. The molecular weight excluding hydrogens is 828 g/mol. The molecule has 0 aromatic heterocycles. The summed E-state index contributed by atoms with van der Waals surface area (Å²) in [6.45, 7) is 0. The van der Waals surface area contributed by atoms with E-state index in [2.05, 4.69) is 0 Å². The minimum atomic E-state index is -2.25. The van der Waals surface area contributed by atoms with Crippen molar-refractivity contribution in [1.29, 1.82) is 0 Å². The maximum absolute atomic E-state index is 12.5. The summed E-state index contributed by atoms with van der Waals surface area (Å²) < 4.78 is 25.8. The van der Waals surface area contributed by atoms with E-state index in [-0.39, 0.29) is 62.6 Å². The van der Waals surface area contributed by atoms with Gasteiger partial charge in [-0.1, -0.05) is 12.1 Å². The van der Waals surface area contributed by atoms with Gasteiger partial charge in [0.25, 0.3) is 5.79 Å². The first-order valence-corrected chi connectivity index (χ1v) is 19.6. The Morgan fingerprint density at radius 1 is 0.540 bits per heavy atom. The molecule has 10 unspecified atom stereocenters. The third kappa shape index (κ3) is 5.79. The number of fused-ring (bicyclic) bond motifs is 9. The summed E-state index contributed by atoms with van der Waals surface area (Å²) in [7, 11) is 0. The molecule has 18 heteroatoms. The normalized spacial score (nSPS) is 29.0. The van der Waals surface area contributed by atoms with E-state index in [0.29, 0.717) is 0 Å². The van der Waals surface area contributed by atoms with Crippen molar-refractivity contribution in [3.8, 4) is 69.0 Å². The molecule has 5 aliphatic rings. The van der Waals surface area contributed by atoms with E-state index >= 15 is 0 Å². The molecule has 4 aliphatic heterocycles. The molecule has 1 fully saturated rings. The Labute approximate surface area is 354 Å². The van der Waals surface area contributed by atoms with Gasteiger partial charge in [0.2, 0.25) is 0 Å². The monoisotopic (exact) mass is 866 g/mol. The minimum Gasteiger partial charge on any atom is -0.512 e. The highest BCUT2D eigenvalue weighted by Crippen LogP contribution is 2.65. The van der Waals surface area contributed by atoms with E-state index < -0.39 is 123 Å². The number of benzene rings is 5. The number of aromatic hydroxyl groups is 9. The van der Waals surface area contributed by atoms with Gasteiger partial charge in [-0.15, -0.1) is 0 Å². The summed E-state index contributed by atoms with van der Waals surface area (Å²) in [4.78, 5) is 0. The van der Waals surface area contributed by atoms with Crippen LogP contribution in [0.2, 0.25) is 0 Å². The van der Waals surface area contributed by atoms with E-state index in [9.17, 15) is 71.5 Å². The number of hydrogen-bond donors (Lipinski definition) is 14. The lowest BCUT2D eigenvalue weighted by Crippen LogP contribution is -2.62. The SMILES string of the molecule is OC1=CC2OC3(c4ccc(O)c(O)c4)Oc4cc(O)c5c(c4C(C2C(O)=C1)C3O)OC(c1ccc(O)c(O)c1)C(O)C5c1c(O)cc(O)c2c1OC(c1ccc(O)c(O)c1)C(O)C2. The quantitative estimate of drug-likeness (QED) is 0.112. The Morgan fingerprint density at radius 3 is 1.78 bits per heavy atom. The van der Waals surface area contributed by atoms with E-state index in [0.717, 1.165) is 48.5 Å². The van der Waals surface area contributed by atoms with Crippen molar-refractivity contribution < 1.29 is 90.4 Å². The third-order valence-corrected chi connectivity index (χ3v) is 12.6. The van der Waals surface area contributed by atoms with Gasteiger partial charge < -0.3 is 90.4 Å². The summed E-state index contributed by atoms with van der Waals surface area (Å²) in [5.74, 6) is -13.0. The Kier molecular flexibility index (Phi) is 8.71. The van der Waals surface area contributed by atoms with Crippen molar-refractivity contribution in [2.75, 3.05) is 0 Å². The van der Waals surface area contributed by atoms with Crippen LogP contribution in [0.15, 0.2) is 90.4 Å². The molecule has 2 bridgehead atoms. The highest BCUT2D eigenvalue weighted by atomic mass is 16.7. The van der Waals surface area contributed by atoms with Crippen molar-refractivity contribution in [3.05, 3.63) is 129 Å². The molecule has 14 N–H and O–H groups in total. The average Bonchev–Trinajstić information content (AvgIpc) is 3.22. The minimum absolute atomic E-state index is 0.0206. The maximum atomic E-state index is 12.5. The van der Waals surface area contributed by atoms with Gasteiger partial charge in [0.05, 0.1) is 24.0 Å². The predicted octanol–water partition coefficient (Wildman–Crippen LogP) is 4.30. The van der Waals surface area contributed by atoms with Crippen LogP contribution in [0, 0.1) is 5.92 Å². The zero-order valence-corrected chi connectivity index (χ0v) is 32.3. The lowest BCUT2D eigenvalue weighted by molar-refractivity contribution is -0.313. The zero-order chi connectivity index (χ0) is 44.5. The molecule has 63 heavy (non-hydrogen) atoms. The van der Waals surface area contributed by atoms with Gasteiger partial charge in [-0.25, -0.2) is 0 Å². The van der Waals surface area contributed by atoms with Crippen LogP contribution in [0.5, 0.6) is 69.0 Å². The smallest absolute Gasteiger partial charge is 0.264 e. The fourth-order valence-electron chi connectivity index (χ4n) is 9.73. The summed E-state index contributed by atoms with van der Waals surface area (Å²) in [5, 5.41) is 156. The van der Waals surface area contributed by atoms with Crippen molar-refractivity contribution in [1.82, 2.24) is 0 Å². The second-order valence-corrected chi connectivity index (χ2v) is 16.2. The highest BCUT2D eigenvalue weighted by molar-refractivity contribution is 5.69. The number of phenols is 9. The van der Waals surface area contributed by atoms with Crippen molar-refractivity contribution in [2.24, 2.45) is 5.92 Å².